The number of benzene rings is 1. The Morgan fingerprint density at radius 1 is 1.47 bits per heavy atom. The molecule has 0 spiro atoms. The number of nitrogens with one attached hydrogen (secondary N) is 2. The molecule has 1 heterocycles. The van der Waals surface area contributed by atoms with Gasteiger partial charge < -0.3 is 15.4 Å². The van der Waals surface area contributed by atoms with Crippen LogP contribution in [0.3, 0.4) is 0 Å². The van der Waals surface area contributed by atoms with E-state index in [1.807, 2.05) is 0 Å². The van der Waals surface area contributed by atoms with E-state index in [1.54, 1.807) is 12.1 Å². The lowest BCUT2D eigenvalue weighted by molar-refractivity contribution is -0.117. The van der Waals surface area contributed by atoms with Crippen molar-refractivity contribution >= 4 is 29.2 Å². The molecular formula is C13H15ClN2O3. The Labute approximate surface area is 116 Å². The maximum atomic E-state index is 12.0. The number of esters is 1. The first-order valence-electron chi connectivity index (χ1n) is 6.04. The fourth-order valence-corrected chi connectivity index (χ4v) is 2.21. The number of hydrogen-bond donors (Lipinski definition) is 2. The zero-order chi connectivity index (χ0) is 13.8. The first kappa shape index (κ1) is 13.8. The number of carbonyl (C=O) groups excluding carboxylic acids is 2. The minimum absolute atomic E-state index is 0.162. The summed E-state index contributed by atoms with van der Waals surface area (Å²) in [4.78, 5) is 23.6. The summed E-state index contributed by atoms with van der Waals surface area (Å²) in [7, 11) is 1.29. The molecule has 0 aliphatic carbocycles. The van der Waals surface area contributed by atoms with Gasteiger partial charge in [-0.1, -0.05) is 11.6 Å². The molecule has 0 aromatic heterocycles. The predicted octanol–water partition coefficient (Wildman–Crippen LogP) is 1.82. The maximum Gasteiger partial charge on any atom is 0.339 e. The number of anilines is 1. The van der Waals surface area contributed by atoms with Crippen molar-refractivity contribution in [2.45, 2.75) is 18.9 Å². The van der Waals surface area contributed by atoms with Crippen LogP contribution >= 0.6 is 11.6 Å². The van der Waals surface area contributed by atoms with Crippen LogP contribution in [0.5, 0.6) is 0 Å². The average molecular weight is 283 g/mol. The lowest BCUT2D eigenvalue weighted by Gasteiger charge is -2.13. The smallest absolute Gasteiger partial charge is 0.339 e. The van der Waals surface area contributed by atoms with Crippen LogP contribution in [0.2, 0.25) is 5.02 Å². The van der Waals surface area contributed by atoms with E-state index in [9.17, 15) is 9.59 Å². The van der Waals surface area contributed by atoms with Crippen LogP contribution in [-0.4, -0.2) is 31.6 Å². The largest absolute Gasteiger partial charge is 0.465 e. The molecule has 1 aromatic rings. The van der Waals surface area contributed by atoms with E-state index >= 15 is 0 Å². The van der Waals surface area contributed by atoms with Gasteiger partial charge in [0.15, 0.2) is 0 Å². The molecule has 2 N–H and O–H groups in total. The van der Waals surface area contributed by atoms with E-state index in [1.165, 1.54) is 13.2 Å². The van der Waals surface area contributed by atoms with E-state index in [0.717, 1.165) is 19.4 Å². The highest BCUT2D eigenvalue weighted by Gasteiger charge is 2.23. The third-order valence-electron chi connectivity index (χ3n) is 3.02. The zero-order valence-corrected chi connectivity index (χ0v) is 11.3. The third kappa shape index (κ3) is 3.24. The molecule has 1 aliphatic rings. The van der Waals surface area contributed by atoms with Gasteiger partial charge in [-0.05, 0) is 37.6 Å². The molecule has 1 aromatic carbocycles. The van der Waals surface area contributed by atoms with Crippen molar-refractivity contribution in [1.29, 1.82) is 0 Å². The van der Waals surface area contributed by atoms with Crippen LogP contribution in [0.1, 0.15) is 23.2 Å². The van der Waals surface area contributed by atoms with Gasteiger partial charge in [0.2, 0.25) is 5.91 Å². The number of rotatable bonds is 3. The number of ether oxygens (including phenoxy) is 1. The Morgan fingerprint density at radius 3 is 2.89 bits per heavy atom. The highest BCUT2D eigenvalue weighted by molar-refractivity contribution is 6.31. The minimum atomic E-state index is -0.508. The molecule has 0 radical (unpaired) electrons. The summed E-state index contributed by atoms with van der Waals surface area (Å²) in [5.41, 5.74) is 0.663. The molecule has 1 atom stereocenters. The summed E-state index contributed by atoms with van der Waals surface area (Å²) in [6, 6.07) is 4.44. The fraction of sp³-hybridized carbons (Fsp3) is 0.385. The second-order valence-electron chi connectivity index (χ2n) is 4.32. The van der Waals surface area contributed by atoms with Gasteiger partial charge >= 0.3 is 5.97 Å². The van der Waals surface area contributed by atoms with Crippen LogP contribution in [-0.2, 0) is 9.53 Å². The van der Waals surface area contributed by atoms with Gasteiger partial charge in [0.1, 0.15) is 0 Å². The van der Waals surface area contributed by atoms with E-state index in [0.29, 0.717) is 16.3 Å². The molecule has 1 unspecified atom stereocenters. The highest BCUT2D eigenvalue weighted by atomic mass is 35.5. The summed E-state index contributed by atoms with van der Waals surface area (Å²) in [6.45, 7) is 0.831. The zero-order valence-electron chi connectivity index (χ0n) is 10.5. The topological polar surface area (TPSA) is 67.4 Å². The summed E-state index contributed by atoms with van der Waals surface area (Å²) >= 11 is 5.89. The van der Waals surface area contributed by atoms with Crippen LogP contribution in [0, 0.1) is 0 Å². The van der Waals surface area contributed by atoms with Gasteiger partial charge in [-0.25, -0.2) is 4.79 Å². The molecule has 1 fully saturated rings. The van der Waals surface area contributed by atoms with Crippen molar-refractivity contribution in [1.82, 2.24) is 5.32 Å². The Hall–Kier alpha value is -1.59. The molecule has 6 heteroatoms. The van der Waals surface area contributed by atoms with Crippen molar-refractivity contribution in [2.24, 2.45) is 0 Å². The highest BCUT2D eigenvalue weighted by Crippen LogP contribution is 2.22. The fourth-order valence-electron chi connectivity index (χ4n) is 2.04. The molecule has 0 bridgehead atoms. The van der Waals surface area contributed by atoms with E-state index in [4.69, 9.17) is 11.6 Å². The second kappa shape index (κ2) is 6.04. The lowest BCUT2D eigenvalue weighted by atomic mass is 10.1. The number of methoxy groups -OCH3 is 1. The Bertz CT molecular complexity index is 499. The maximum absolute atomic E-state index is 12.0. The van der Waals surface area contributed by atoms with Gasteiger partial charge in [0.25, 0.3) is 0 Å². The minimum Gasteiger partial charge on any atom is -0.465 e. The van der Waals surface area contributed by atoms with Crippen molar-refractivity contribution in [3.63, 3.8) is 0 Å². The molecule has 102 valence electrons. The monoisotopic (exact) mass is 282 g/mol. The van der Waals surface area contributed by atoms with Crippen molar-refractivity contribution in [3.8, 4) is 0 Å². The van der Waals surface area contributed by atoms with Gasteiger partial charge in [0.05, 0.1) is 24.4 Å². The molecule has 19 heavy (non-hydrogen) atoms. The van der Waals surface area contributed by atoms with Gasteiger partial charge in [-0.3, -0.25) is 4.79 Å². The van der Waals surface area contributed by atoms with Crippen LogP contribution in [0.4, 0.5) is 5.69 Å². The number of hydrogen-bond acceptors (Lipinski definition) is 4. The van der Waals surface area contributed by atoms with Crippen molar-refractivity contribution < 1.29 is 14.3 Å². The first-order chi connectivity index (χ1) is 9.11. The van der Waals surface area contributed by atoms with E-state index in [2.05, 4.69) is 15.4 Å². The Morgan fingerprint density at radius 2 is 2.26 bits per heavy atom. The summed E-state index contributed by atoms with van der Waals surface area (Å²) < 4.78 is 4.67. The second-order valence-corrected chi connectivity index (χ2v) is 4.76. The standard InChI is InChI=1S/C13H15ClN2O3/c1-19-13(18)9-5-4-8(14)7-11(9)16-12(17)10-3-2-6-15-10/h4-5,7,10,15H,2-3,6H2,1H3,(H,16,17). The van der Waals surface area contributed by atoms with Crippen LogP contribution in [0.25, 0.3) is 0 Å². The van der Waals surface area contributed by atoms with Gasteiger partial charge in [-0.2, -0.15) is 0 Å². The summed E-state index contributed by atoms with van der Waals surface area (Å²) in [5.74, 6) is -0.670. The number of carbonyl (C=O) groups is 2. The average Bonchev–Trinajstić information content (AvgIpc) is 2.92. The Balaban J connectivity index is 2.20. The first-order valence-corrected chi connectivity index (χ1v) is 6.41. The molecule has 1 aliphatic heterocycles. The molecule has 1 saturated heterocycles. The van der Waals surface area contributed by atoms with Gasteiger partial charge in [0, 0.05) is 5.02 Å². The summed E-state index contributed by atoms with van der Waals surface area (Å²) in [6.07, 6.45) is 1.76. The van der Waals surface area contributed by atoms with Gasteiger partial charge in [-0.15, -0.1) is 0 Å². The lowest BCUT2D eigenvalue weighted by Crippen LogP contribution is -2.35. The Kier molecular flexibility index (Phi) is 4.39. The van der Waals surface area contributed by atoms with E-state index < -0.39 is 5.97 Å². The SMILES string of the molecule is COC(=O)c1ccc(Cl)cc1NC(=O)C1CCCN1. The quantitative estimate of drug-likeness (QED) is 0.830. The molecule has 0 saturated carbocycles. The number of halogens is 1. The normalized spacial score (nSPS) is 18.1. The van der Waals surface area contributed by atoms with Crippen molar-refractivity contribution in [3.05, 3.63) is 28.8 Å². The molecule has 5 nitrogen and oxygen atoms in total. The van der Waals surface area contributed by atoms with Crippen LogP contribution < -0.4 is 10.6 Å². The molecule has 2 rings (SSSR count). The molecular weight excluding hydrogens is 268 g/mol. The van der Waals surface area contributed by atoms with Crippen molar-refractivity contribution in [2.75, 3.05) is 19.0 Å². The third-order valence-corrected chi connectivity index (χ3v) is 3.26. The molecule has 1 amide bonds. The predicted molar refractivity (Wildman–Crippen MR) is 72.4 cm³/mol. The van der Waals surface area contributed by atoms with Crippen LogP contribution in [0.15, 0.2) is 18.2 Å². The summed E-state index contributed by atoms with van der Waals surface area (Å²) in [5, 5.41) is 6.26. The van der Waals surface area contributed by atoms with E-state index in [-0.39, 0.29) is 11.9 Å². The number of amides is 1.